The van der Waals surface area contributed by atoms with Crippen molar-refractivity contribution in [2.45, 2.75) is 13.1 Å². The Kier molecular flexibility index (Phi) is 2.19. The van der Waals surface area contributed by atoms with E-state index in [1.54, 1.807) is 0 Å². The molecule has 2 nitrogen and oxygen atoms in total. The van der Waals surface area contributed by atoms with E-state index in [-0.39, 0.29) is 5.71 Å². The molecule has 0 radical (unpaired) electrons. The zero-order valence-corrected chi connectivity index (χ0v) is 4.03. The Labute approximate surface area is 41.4 Å². The lowest BCUT2D eigenvalue weighted by atomic mass is 10.3. The molecule has 0 aliphatic carbocycles. The summed E-state index contributed by atoms with van der Waals surface area (Å²) in [7, 11) is 0. The van der Waals surface area contributed by atoms with Crippen LogP contribution in [-0.4, -0.2) is 18.1 Å². The summed E-state index contributed by atoms with van der Waals surface area (Å²) < 4.78 is 11.7. The van der Waals surface area contributed by atoms with Crippen molar-refractivity contribution in [1.29, 1.82) is 10.8 Å². The van der Waals surface area contributed by atoms with Crippen LogP contribution in [0.4, 0.5) is 4.39 Å². The van der Waals surface area contributed by atoms with E-state index in [4.69, 9.17) is 10.8 Å². The van der Waals surface area contributed by atoms with E-state index in [0.717, 1.165) is 0 Å². The van der Waals surface area contributed by atoms with E-state index in [1.165, 1.54) is 6.92 Å². The lowest BCUT2D eigenvalue weighted by Gasteiger charge is -1.91. The Morgan fingerprint density at radius 1 is 1.86 bits per heavy atom. The molecule has 0 aromatic rings. The summed E-state index contributed by atoms with van der Waals surface area (Å²) in [6.07, 6.45) is -0.595. The molecule has 0 rings (SSSR count). The first-order valence-corrected chi connectivity index (χ1v) is 1.91. The van der Waals surface area contributed by atoms with Crippen LogP contribution in [0.25, 0.3) is 0 Å². The van der Waals surface area contributed by atoms with Crippen LogP contribution in [0.1, 0.15) is 6.92 Å². The minimum Gasteiger partial charge on any atom is -0.307 e. The number of alkyl halides is 1. The van der Waals surface area contributed by atoms with Gasteiger partial charge in [-0.15, -0.1) is 0 Å². The molecule has 0 aliphatic heterocycles. The fourth-order valence-electron chi connectivity index (χ4n) is 0.115. The number of halogens is 1. The van der Waals surface area contributed by atoms with Crippen molar-refractivity contribution >= 4 is 11.9 Å². The van der Waals surface area contributed by atoms with Gasteiger partial charge in [0.15, 0.2) is 0 Å². The van der Waals surface area contributed by atoms with E-state index < -0.39 is 6.17 Å². The first-order valence-electron chi connectivity index (χ1n) is 1.91. The van der Waals surface area contributed by atoms with E-state index in [0.29, 0.717) is 6.21 Å². The molecule has 1 atom stereocenters. The van der Waals surface area contributed by atoms with Crippen LogP contribution in [0.3, 0.4) is 0 Å². The maximum atomic E-state index is 11.7. The standard InChI is InChI=1S/C4H7FN2/c1-3(5)4(7)2-6/h2-3,6-7H,1H3. The minimum absolute atomic E-state index is 0.278. The highest BCUT2D eigenvalue weighted by molar-refractivity contribution is 6.29. The first kappa shape index (κ1) is 6.27. The minimum atomic E-state index is -1.29. The van der Waals surface area contributed by atoms with E-state index in [1.807, 2.05) is 0 Å². The molecule has 0 fully saturated rings. The van der Waals surface area contributed by atoms with Gasteiger partial charge in [0, 0.05) is 6.21 Å². The summed E-state index contributed by atoms with van der Waals surface area (Å²) in [4.78, 5) is 0. The van der Waals surface area contributed by atoms with Gasteiger partial charge in [-0.2, -0.15) is 0 Å². The monoisotopic (exact) mass is 102 g/mol. The number of nitrogens with one attached hydrogen (secondary N) is 2. The summed E-state index contributed by atoms with van der Waals surface area (Å²) in [5.41, 5.74) is -0.278. The van der Waals surface area contributed by atoms with Gasteiger partial charge >= 0.3 is 0 Å². The van der Waals surface area contributed by atoms with Crippen LogP contribution in [-0.2, 0) is 0 Å². The summed E-state index contributed by atoms with van der Waals surface area (Å²) in [6, 6.07) is 0. The maximum absolute atomic E-state index is 11.7. The highest BCUT2D eigenvalue weighted by Gasteiger charge is 1.99. The summed E-state index contributed by atoms with van der Waals surface area (Å²) in [5, 5.41) is 12.9. The molecule has 40 valence electrons. The number of hydrogen-bond donors (Lipinski definition) is 2. The lowest BCUT2D eigenvalue weighted by molar-refractivity contribution is 0.456. The Morgan fingerprint density at radius 2 is 2.29 bits per heavy atom. The summed E-state index contributed by atoms with van der Waals surface area (Å²) in [6.45, 7) is 1.23. The zero-order valence-electron chi connectivity index (χ0n) is 4.03. The molecule has 2 N–H and O–H groups in total. The van der Waals surface area contributed by atoms with Crippen LogP contribution in [0.15, 0.2) is 0 Å². The highest BCUT2D eigenvalue weighted by Crippen LogP contribution is 1.85. The molecule has 0 aromatic carbocycles. The average Bonchev–Trinajstić information content (AvgIpc) is 1.65. The van der Waals surface area contributed by atoms with Gasteiger partial charge in [0.2, 0.25) is 0 Å². The van der Waals surface area contributed by atoms with Crippen molar-refractivity contribution in [3.05, 3.63) is 0 Å². The predicted molar refractivity (Wildman–Crippen MR) is 27.1 cm³/mol. The van der Waals surface area contributed by atoms with Crippen molar-refractivity contribution in [1.82, 2.24) is 0 Å². The molecule has 0 aliphatic rings. The lowest BCUT2D eigenvalue weighted by Crippen LogP contribution is -2.09. The van der Waals surface area contributed by atoms with Gasteiger partial charge in [-0.3, -0.25) is 0 Å². The number of rotatable bonds is 2. The van der Waals surface area contributed by atoms with Crippen LogP contribution in [0.2, 0.25) is 0 Å². The fraction of sp³-hybridized carbons (Fsp3) is 0.500. The Bertz CT molecular complexity index is 87.7. The van der Waals surface area contributed by atoms with Gasteiger partial charge < -0.3 is 10.8 Å². The molecule has 7 heavy (non-hydrogen) atoms. The van der Waals surface area contributed by atoms with E-state index in [2.05, 4.69) is 0 Å². The normalized spacial score (nSPS) is 12.9. The average molecular weight is 102 g/mol. The van der Waals surface area contributed by atoms with Gasteiger partial charge in [-0.05, 0) is 6.92 Å². The number of hydrogen-bond acceptors (Lipinski definition) is 2. The third kappa shape index (κ3) is 2.03. The highest BCUT2D eigenvalue weighted by atomic mass is 19.1. The SMILES string of the molecule is CC(F)C(=N)C=N. The molecule has 0 saturated heterocycles. The summed E-state index contributed by atoms with van der Waals surface area (Å²) in [5.74, 6) is 0. The van der Waals surface area contributed by atoms with Gasteiger partial charge in [0.25, 0.3) is 0 Å². The Hall–Kier alpha value is -0.730. The Morgan fingerprint density at radius 3 is 2.29 bits per heavy atom. The van der Waals surface area contributed by atoms with Crippen molar-refractivity contribution in [3.8, 4) is 0 Å². The smallest absolute Gasteiger partial charge is 0.140 e. The quantitative estimate of drug-likeness (QED) is 0.489. The molecular formula is C4H7FN2. The Balaban J connectivity index is 3.56. The molecule has 0 bridgehead atoms. The van der Waals surface area contributed by atoms with Gasteiger partial charge in [0.05, 0.1) is 5.71 Å². The van der Waals surface area contributed by atoms with Gasteiger partial charge in [0.1, 0.15) is 6.17 Å². The van der Waals surface area contributed by atoms with E-state index in [9.17, 15) is 4.39 Å². The molecule has 0 aromatic heterocycles. The molecule has 0 heterocycles. The van der Waals surface area contributed by atoms with Crippen LogP contribution in [0.5, 0.6) is 0 Å². The molecular weight excluding hydrogens is 95.1 g/mol. The summed E-state index contributed by atoms with van der Waals surface area (Å²) >= 11 is 0. The molecule has 0 saturated carbocycles. The van der Waals surface area contributed by atoms with Gasteiger partial charge in [-0.25, -0.2) is 4.39 Å². The van der Waals surface area contributed by atoms with E-state index >= 15 is 0 Å². The molecule has 0 spiro atoms. The molecule has 3 heteroatoms. The third-order valence-corrected chi connectivity index (χ3v) is 0.584. The maximum Gasteiger partial charge on any atom is 0.140 e. The van der Waals surface area contributed by atoms with Crippen molar-refractivity contribution < 1.29 is 4.39 Å². The topological polar surface area (TPSA) is 47.7 Å². The van der Waals surface area contributed by atoms with Crippen LogP contribution in [0, 0.1) is 10.8 Å². The molecule has 0 amide bonds. The third-order valence-electron chi connectivity index (χ3n) is 0.584. The zero-order chi connectivity index (χ0) is 5.86. The second-order valence-electron chi connectivity index (χ2n) is 1.22. The van der Waals surface area contributed by atoms with Crippen molar-refractivity contribution in [2.24, 2.45) is 0 Å². The predicted octanol–water partition coefficient (Wildman–Crippen LogP) is 1.01. The second kappa shape index (κ2) is 2.44. The molecule has 1 unspecified atom stereocenters. The van der Waals surface area contributed by atoms with Crippen LogP contribution >= 0.6 is 0 Å². The van der Waals surface area contributed by atoms with Gasteiger partial charge in [-0.1, -0.05) is 0 Å². The van der Waals surface area contributed by atoms with Crippen molar-refractivity contribution in [2.75, 3.05) is 0 Å². The second-order valence-corrected chi connectivity index (χ2v) is 1.22. The first-order chi connectivity index (χ1) is 3.18. The van der Waals surface area contributed by atoms with Crippen molar-refractivity contribution in [3.63, 3.8) is 0 Å². The van der Waals surface area contributed by atoms with Crippen LogP contribution < -0.4 is 0 Å². The largest absolute Gasteiger partial charge is 0.307 e. The fourth-order valence-corrected chi connectivity index (χ4v) is 0.115.